The van der Waals surface area contributed by atoms with Crippen LogP contribution in [-0.4, -0.2) is 42.1 Å². The van der Waals surface area contributed by atoms with E-state index < -0.39 is 0 Å². The number of thiazole rings is 1. The molecule has 0 unspecified atom stereocenters. The average molecular weight is 320 g/mol. The van der Waals surface area contributed by atoms with E-state index in [2.05, 4.69) is 15.2 Å². The van der Waals surface area contributed by atoms with Gasteiger partial charge in [-0.25, -0.2) is 4.98 Å². The molecule has 4 rings (SSSR count). The normalized spacial score (nSPS) is 22.5. The number of aromatic nitrogens is 1. The first kappa shape index (κ1) is 13.6. The van der Waals surface area contributed by atoms with Gasteiger partial charge in [-0.15, -0.1) is 11.3 Å². The van der Waals surface area contributed by atoms with Crippen LogP contribution in [0, 0.1) is 0 Å². The van der Waals surface area contributed by atoms with Gasteiger partial charge in [-0.1, -0.05) is 23.7 Å². The Hall–Kier alpha value is -1.10. The fraction of sp³-hybridized carbons (Fsp3) is 0.438. The maximum absolute atomic E-state index is 5.95. The number of nitrogens with zero attached hydrogens (tertiary/aromatic N) is 3. The molecule has 1 atom stereocenters. The zero-order valence-corrected chi connectivity index (χ0v) is 13.4. The molecule has 0 bridgehead atoms. The van der Waals surface area contributed by atoms with Gasteiger partial charge in [0.25, 0.3) is 0 Å². The third-order valence-electron chi connectivity index (χ3n) is 4.49. The Morgan fingerprint density at radius 2 is 2.00 bits per heavy atom. The number of hydrogen-bond donors (Lipinski definition) is 0. The highest BCUT2D eigenvalue weighted by molar-refractivity contribution is 7.14. The molecule has 0 N–H and O–H groups in total. The third-order valence-corrected chi connectivity index (χ3v) is 5.64. The Balaban J connectivity index is 1.53. The largest absolute Gasteiger partial charge is 0.345 e. The van der Waals surface area contributed by atoms with Crippen molar-refractivity contribution in [2.45, 2.75) is 18.9 Å². The molecule has 5 heteroatoms. The van der Waals surface area contributed by atoms with Gasteiger partial charge in [0.15, 0.2) is 5.13 Å². The minimum Gasteiger partial charge on any atom is -0.345 e. The summed E-state index contributed by atoms with van der Waals surface area (Å²) in [5.74, 6) is 0. The summed E-state index contributed by atoms with van der Waals surface area (Å²) in [6.07, 6.45) is 2.69. The molecule has 2 aromatic rings. The Kier molecular flexibility index (Phi) is 3.61. The van der Waals surface area contributed by atoms with Crippen LogP contribution in [-0.2, 0) is 0 Å². The van der Waals surface area contributed by atoms with Gasteiger partial charge in [-0.3, -0.25) is 4.90 Å². The number of hydrogen-bond acceptors (Lipinski definition) is 4. The van der Waals surface area contributed by atoms with Crippen LogP contribution in [0.1, 0.15) is 12.8 Å². The maximum Gasteiger partial charge on any atom is 0.185 e. The molecule has 2 aliphatic rings. The van der Waals surface area contributed by atoms with Crippen LogP contribution in [0.2, 0.25) is 5.02 Å². The monoisotopic (exact) mass is 319 g/mol. The summed E-state index contributed by atoms with van der Waals surface area (Å²) in [7, 11) is 0. The van der Waals surface area contributed by atoms with Crippen molar-refractivity contribution in [3.8, 4) is 11.3 Å². The Bertz CT molecular complexity index is 625. The quantitative estimate of drug-likeness (QED) is 0.840. The van der Waals surface area contributed by atoms with E-state index in [0.29, 0.717) is 0 Å². The van der Waals surface area contributed by atoms with Crippen molar-refractivity contribution in [3.05, 3.63) is 34.7 Å². The summed E-state index contributed by atoms with van der Waals surface area (Å²) < 4.78 is 0. The first-order valence-corrected chi connectivity index (χ1v) is 8.76. The second-order valence-electron chi connectivity index (χ2n) is 5.80. The number of halogens is 1. The third kappa shape index (κ3) is 2.68. The SMILES string of the molecule is Clc1ccc(-c2csc(N3CCN4CCC[C@@H]4C3)n2)cc1. The fourth-order valence-corrected chi connectivity index (χ4v) is 4.33. The molecule has 0 spiro atoms. The molecule has 2 fully saturated rings. The molecule has 1 aromatic carbocycles. The van der Waals surface area contributed by atoms with E-state index in [1.165, 1.54) is 25.9 Å². The van der Waals surface area contributed by atoms with Crippen LogP contribution in [0.4, 0.5) is 5.13 Å². The van der Waals surface area contributed by atoms with Gasteiger partial charge < -0.3 is 4.90 Å². The summed E-state index contributed by atoms with van der Waals surface area (Å²) in [4.78, 5) is 9.91. The van der Waals surface area contributed by atoms with Crippen LogP contribution in [0.3, 0.4) is 0 Å². The number of rotatable bonds is 2. The topological polar surface area (TPSA) is 19.4 Å². The van der Waals surface area contributed by atoms with E-state index in [9.17, 15) is 0 Å². The van der Waals surface area contributed by atoms with E-state index in [0.717, 1.165) is 40.5 Å². The summed E-state index contributed by atoms with van der Waals surface area (Å²) in [6.45, 7) is 4.70. The highest BCUT2D eigenvalue weighted by atomic mass is 35.5. The zero-order chi connectivity index (χ0) is 14.2. The minimum absolute atomic E-state index is 0.738. The summed E-state index contributed by atoms with van der Waals surface area (Å²) in [5.41, 5.74) is 2.20. The van der Waals surface area contributed by atoms with Gasteiger partial charge in [0, 0.05) is 41.6 Å². The first-order chi connectivity index (χ1) is 10.3. The number of anilines is 1. The lowest BCUT2D eigenvalue weighted by molar-refractivity contribution is 0.231. The summed E-state index contributed by atoms with van der Waals surface area (Å²) in [6, 6.07) is 8.66. The van der Waals surface area contributed by atoms with Crippen LogP contribution in [0.25, 0.3) is 11.3 Å². The molecule has 1 aromatic heterocycles. The van der Waals surface area contributed by atoms with Gasteiger partial charge in [0.2, 0.25) is 0 Å². The molecular weight excluding hydrogens is 302 g/mol. The van der Waals surface area contributed by atoms with Crippen molar-refractivity contribution in [1.82, 2.24) is 9.88 Å². The molecule has 21 heavy (non-hydrogen) atoms. The number of fused-ring (bicyclic) bond motifs is 1. The van der Waals surface area contributed by atoms with Crippen molar-refractivity contribution >= 4 is 28.1 Å². The summed E-state index contributed by atoms with van der Waals surface area (Å²) >= 11 is 7.70. The van der Waals surface area contributed by atoms with Crippen molar-refractivity contribution < 1.29 is 0 Å². The molecule has 0 saturated carbocycles. The lowest BCUT2D eigenvalue weighted by Gasteiger charge is -2.37. The molecular formula is C16H18ClN3S. The molecule has 0 aliphatic carbocycles. The fourth-order valence-electron chi connectivity index (χ4n) is 3.33. The van der Waals surface area contributed by atoms with E-state index in [-0.39, 0.29) is 0 Å². The van der Waals surface area contributed by atoms with Crippen molar-refractivity contribution in [2.24, 2.45) is 0 Å². The molecule has 0 amide bonds. The molecule has 110 valence electrons. The second-order valence-corrected chi connectivity index (χ2v) is 7.07. The van der Waals surface area contributed by atoms with Gasteiger partial charge in [-0.05, 0) is 31.5 Å². The van der Waals surface area contributed by atoms with Gasteiger partial charge in [0.05, 0.1) is 5.69 Å². The second kappa shape index (κ2) is 5.59. The lowest BCUT2D eigenvalue weighted by atomic mass is 10.1. The van der Waals surface area contributed by atoms with E-state index in [4.69, 9.17) is 16.6 Å². The lowest BCUT2D eigenvalue weighted by Crippen LogP contribution is -2.50. The van der Waals surface area contributed by atoms with Crippen LogP contribution in [0.5, 0.6) is 0 Å². The van der Waals surface area contributed by atoms with Crippen LogP contribution in [0.15, 0.2) is 29.6 Å². The van der Waals surface area contributed by atoms with E-state index >= 15 is 0 Å². The molecule has 0 radical (unpaired) electrons. The van der Waals surface area contributed by atoms with Crippen molar-refractivity contribution in [3.63, 3.8) is 0 Å². The predicted molar refractivity (Wildman–Crippen MR) is 89.4 cm³/mol. The first-order valence-electron chi connectivity index (χ1n) is 7.50. The molecule has 2 aliphatic heterocycles. The standard InChI is InChI=1S/C16H18ClN3S/c17-13-5-3-12(4-6-13)15-11-21-16(18-15)20-9-8-19-7-1-2-14(19)10-20/h3-6,11,14H,1-2,7-10H2/t14-/m1/s1. The number of benzene rings is 1. The van der Waals surface area contributed by atoms with Gasteiger partial charge in [0.1, 0.15) is 0 Å². The summed E-state index contributed by atoms with van der Waals surface area (Å²) in [5, 5.41) is 4.08. The van der Waals surface area contributed by atoms with Gasteiger partial charge >= 0.3 is 0 Å². The van der Waals surface area contributed by atoms with Gasteiger partial charge in [-0.2, -0.15) is 0 Å². The van der Waals surface area contributed by atoms with Crippen LogP contribution >= 0.6 is 22.9 Å². The molecule has 2 saturated heterocycles. The maximum atomic E-state index is 5.95. The number of piperazine rings is 1. The van der Waals surface area contributed by atoms with Crippen molar-refractivity contribution in [2.75, 3.05) is 31.1 Å². The zero-order valence-electron chi connectivity index (χ0n) is 11.8. The predicted octanol–water partition coefficient (Wildman–Crippen LogP) is 3.75. The highest BCUT2D eigenvalue weighted by Gasteiger charge is 2.31. The smallest absolute Gasteiger partial charge is 0.185 e. The van der Waals surface area contributed by atoms with Crippen molar-refractivity contribution in [1.29, 1.82) is 0 Å². The Morgan fingerprint density at radius 1 is 1.14 bits per heavy atom. The van der Waals surface area contributed by atoms with E-state index in [1.807, 2.05) is 24.3 Å². The highest BCUT2D eigenvalue weighted by Crippen LogP contribution is 2.31. The molecule has 3 nitrogen and oxygen atoms in total. The average Bonchev–Trinajstić information content (AvgIpc) is 3.16. The Labute approximate surface area is 134 Å². The van der Waals surface area contributed by atoms with E-state index in [1.54, 1.807) is 11.3 Å². The minimum atomic E-state index is 0.738. The van der Waals surface area contributed by atoms with Crippen LogP contribution < -0.4 is 4.90 Å². The molecule has 3 heterocycles. The Morgan fingerprint density at radius 3 is 2.86 bits per heavy atom.